The van der Waals surface area contributed by atoms with Crippen LogP contribution in [0, 0.1) is 13.0 Å². The Labute approximate surface area is 223 Å². The summed E-state index contributed by atoms with van der Waals surface area (Å²) in [5.41, 5.74) is 4.26. The minimum atomic E-state index is 0. The predicted octanol–water partition coefficient (Wildman–Crippen LogP) is 6.40. The van der Waals surface area contributed by atoms with Gasteiger partial charge in [0, 0.05) is 63.6 Å². The molecule has 0 fully saturated rings. The minimum absolute atomic E-state index is 0. The second-order valence-corrected chi connectivity index (χ2v) is 8.72. The van der Waals surface area contributed by atoms with Crippen molar-refractivity contribution in [3.05, 3.63) is 90.6 Å². The van der Waals surface area contributed by atoms with Crippen LogP contribution in [0.5, 0.6) is 17.4 Å². The number of phenolic OH excluding ortho intramolecular Hbond substituents is 1. The number of aromatic hydroxyl groups is 1. The van der Waals surface area contributed by atoms with Gasteiger partial charge in [-0.2, -0.15) is 6.07 Å². The fraction of sp³-hybridized carbons (Fsp3) is 0.103. The van der Waals surface area contributed by atoms with Gasteiger partial charge in [-0.15, -0.1) is 17.5 Å². The van der Waals surface area contributed by atoms with Crippen LogP contribution in [-0.4, -0.2) is 33.7 Å². The predicted molar refractivity (Wildman–Crippen MR) is 140 cm³/mol. The van der Waals surface area contributed by atoms with E-state index < -0.39 is 0 Å². The number of aromatic nitrogens is 3. The van der Waals surface area contributed by atoms with Crippen LogP contribution in [-0.2, 0) is 21.1 Å². The smallest absolute Gasteiger partial charge is 0.219 e. The third-order valence-electron chi connectivity index (χ3n) is 6.13. The molecule has 36 heavy (non-hydrogen) atoms. The van der Waals surface area contributed by atoms with Crippen molar-refractivity contribution in [3.8, 4) is 23.2 Å². The summed E-state index contributed by atoms with van der Waals surface area (Å²) in [4.78, 5) is 11.3. The Kier molecular flexibility index (Phi) is 6.15. The second kappa shape index (κ2) is 9.29. The van der Waals surface area contributed by atoms with Crippen LogP contribution in [0.25, 0.3) is 38.5 Å². The largest absolute Gasteiger partial charge is 0.506 e. The van der Waals surface area contributed by atoms with E-state index in [-0.39, 0.29) is 26.8 Å². The third-order valence-corrected chi connectivity index (χ3v) is 6.13. The molecule has 0 aliphatic heterocycles. The Bertz CT molecular complexity index is 1740. The Morgan fingerprint density at radius 3 is 2.44 bits per heavy atom. The summed E-state index contributed by atoms with van der Waals surface area (Å²) in [6.45, 7) is 1.98. The van der Waals surface area contributed by atoms with Crippen molar-refractivity contribution in [2.24, 2.45) is 0 Å². The normalized spacial score (nSPS) is 11.1. The molecule has 3 heterocycles. The molecular weight excluding hydrogens is 631 g/mol. The molecule has 0 aliphatic carbocycles. The SMILES string of the molecule is Cc1cccc(-n2c3[c-]c(Oc4cc(N(C)C)c5cccc(O)c5n4)ccc3c3ccccc32)n1.[Pt]. The van der Waals surface area contributed by atoms with Gasteiger partial charge in [0.15, 0.2) is 0 Å². The molecule has 6 aromatic rings. The van der Waals surface area contributed by atoms with E-state index in [0.717, 1.165) is 44.4 Å². The van der Waals surface area contributed by atoms with E-state index in [0.29, 0.717) is 17.1 Å². The number of nitrogens with zero attached hydrogens (tertiary/aromatic N) is 4. The second-order valence-electron chi connectivity index (χ2n) is 8.72. The summed E-state index contributed by atoms with van der Waals surface area (Å²) in [7, 11) is 3.90. The molecule has 0 spiro atoms. The van der Waals surface area contributed by atoms with Gasteiger partial charge in [-0.1, -0.05) is 41.9 Å². The molecule has 0 radical (unpaired) electrons. The third kappa shape index (κ3) is 3.98. The Morgan fingerprint density at radius 1 is 0.861 bits per heavy atom. The summed E-state index contributed by atoms with van der Waals surface area (Å²) in [5, 5.41) is 13.5. The summed E-state index contributed by atoms with van der Waals surface area (Å²) in [6, 6.07) is 28.9. The number of para-hydroxylation sites is 2. The number of fused-ring (bicyclic) bond motifs is 4. The van der Waals surface area contributed by atoms with E-state index in [2.05, 4.69) is 27.8 Å². The molecule has 6 nitrogen and oxygen atoms in total. The first kappa shape index (κ1) is 23.8. The maximum absolute atomic E-state index is 10.4. The van der Waals surface area contributed by atoms with Gasteiger partial charge in [-0.25, -0.2) is 9.97 Å². The van der Waals surface area contributed by atoms with Gasteiger partial charge in [0.05, 0.1) is 5.69 Å². The zero-order valence-electron chi connectivity index (χ0n) is 20.0. The summed E-state index contributed by atoms with van der Waals surface area (Å²) < 4.78 is 8.32. The van der Waals surface area contributed by atoms with Gasteiger partial charge in [0.1, 0.15) is 17.1 Å². The Hall–Kier alpha value is -3.89. The molecule has 3 aromatic heterocycles. The molecule has 0 saturated heterocycles. The first-order valence-electron chi connectivity index (χ1n) is 11.4. The topological polar surface area (TPSA) is 63.4 Å². The van der Waals surface area contributed by atoms with Crippen LogP contribution >= 0.6 is 0 Å². The van der Waals surface area contributed by atoms with Crippen molar-refractivity contribution < 1.29 is 30.9 Å². The Balaban J connectivity index is 0.00000267. The standard InChI is InChI=1S/C29H23N4O2.Pt/c1-18-8-6-13-27(30-18)33-23-11-5-4-9-20(23)21-15-14-19(16-25(21)33)35-28-17-24(32(2)3)22-10-7-12-26(34)29(22)31-28;/h4-15,17,34H,1-3H3;/q-1;. The van der Waals surface area contributed by atoms with Gasteiger partial charge in [0.25, 0.3) is 0 Å². The van der Waals surface area contributed by atoms with E-state index in [4.69, 9.17) is 9.72 Å². The molecule has 0 atom stereocenters. The van der Waals surface area contributed by atoms with Crippen molar-refractivity contribution in [2.45, 2.75) is 6.92 Å². The van der Waals surface area contributed by atoms with Gasteiger partial charge in [-0.05, 0) is 36.6 Å². The molecular formula is C29H23N4O2Pt-. The summed E-state index contributed by atoms with van der Waals surface area (Å²) in [6.07, 6.45) is 0. The van der Waals surface area contributed by atoms with Crippen molar-refractivity contribution >= 4 is 38.4 Å². The van der Waals surface area contributed by atoms with Gasteiger partial charge < -0.3 is 19.3 Å². The maximum Gasteiger partial charge on any atom is 0.219 e. The Morgan fingerprint density at radius 2 is 1.64 bits per heavy atom. The van der Waals surface area contributed by atoms with Crippen LogP contribution in [0.1, 0.15) is 5.69 Å². The monoisotopic (exact) mass is 654 g/mol. The van der Waals surface area contributed by atoms with Crippen LogP contribution in [0.4, 0.5) is 5.69 Å². The van der Waals surface area contributed by atoms with Crippen LogP contribution in [0.3, 0.4) is 0 Å². The number of pyridine rings is 2. The van der Waals surface area contributed by atoms with Crippen LogP contribution in [0.2, 0.25) is 0 Å². The minimum Gasteiger partial charge on any atom is -0.506 e. The number of hydrogen-bond donors (Lipinski definition) is 1. The maximum atomic E-state index is 10.4. The molecule has 6 rings (SSSR count). The molecule has 0 bridgehead atoms. The quantitative estimate of drug-likeness (QED) is 0.223. The van der Waals surface area contributed by atoms with E-state index in [1.54, 1.807) is 6.07 Å². The van der Waals surface area contributed by atoms with Crippen molar-refractivity contribution in [1.82, 2.24) is 14.5 Å². The zero-order valence-corrected chi connectivity index (χ0v) is 22.2. The zero-order chi connectivity index (χ0) is 24.1. The fourth-order valence-electron chi connectivity index (χ4n) is 4.55. The molecule has 0 unspecified atom stereocenters. The van der Waals surface area contributed by atoms with Crippen molar-refractivity contribution in [1.29, 1.82) is 0 Å². The van der Waals surface area contributed by atoms with Crippen molar-refractivity contribution in [3.63, 3.8) is 0 Å². The number of hydrogen-bond acceptors (Lipinski definition) is 5. The van der Waals surface area contributed by atoms with E-state index in [1.165, 1.54) is 0 Å². The number of aryl methyl sites for hydroxylation is 1. The first-order valence-corrected chi connectivity index (χ1v) is 11.4. The van der Waals surface area contributed by atoms with Crippen LogP contribution < -0.4 is 9.64 Å². The molecule has 0 saturated carbocycles. The molecule has 3 aromatic carbocycles. The number of benzene rings is 3. The summed E-state index contributed by atoms with van der Waals surface area (Å²) >= 11 is 0. The number of phenols is 1. The van der Waals surface area contributed by atoms with Crippen LogP contribution in [0.15, 0.2) is 78.9 Å². The molecule has 182 valence electrons. The number of anilines is 1. The average molecular weight is 655 g/mol. The number of ether oxygens (including phenoxy) is 1. The van der Waals surface area contributed by atoms with E-state index in [9.17, 15) is 5.11 Å². The first-order chi connectivity index (χ1) is 17.0. The van der Waals surface area contributed by atoms with E-state index in [1.807, 2.05) is 86.6 Å². The van der Waals surface area contributed by atoms with Gasteiger partial charge >= 0.3 is 0 Å². The molecule has 1 N–H and O–H groups in total. The average Bonchev–Trinajstić information content (AvgIpc) is 3.18. The molecule has 0 aliphatic rings. The molecule has 7 heteroatoms. The molecule has 0 amide bonds. The van der Waals surface area contributed by atoms with Gasteiger partial charge in [-0.3, -0.25) is 0 Å². The fourth-order valence-corrected chi connectivity index (χ4v) is 4.55. The van der Waals surface area contributed by atoms with E-state index >= 15 is 0 Å². The summed E-state index contributed by atoms with van der Waals surface area (Å²) in [5.74, 6) is 1.85. The van der Waals surface area contributed by atoms with Gasteiger partial charge in [0.2, 0.25) is 5.88 Å². The van der Waals surface area contributed by atoms with Crippen molar-refractivity contribution in [2.75, 3.05) is 19.0 Å². The number of rotatable bonds is 4.